The Morgan fingerprint density at radius 2 is 2.10 bits per heavy atom. The number of nitro groups is 1. The van der Waals surface area contributed by atoms with Crippen LogP contribution in [0.5, 0.6) is 5.75 Å². The first kappa shape index (κ1) is 13.5. The number of rotatable bonds is 4. The number of hydrogen-bond donors (Lipinski definition) is 1. The average Bonchev–Trinajstić information content (AvgIpc) is 2.95. The summed E-state index contributed by atoms with van der Waals surface area (Å²) in [5.74, 6) is -0.160. The molecule has 0 bridgehead atoms. The second-order valence-corrected chi connectivity index (χ2v) is 3.80. The Morgan fingerprint density at radius 3 is 2.70 bits per heavy atom. The maximum Gasteiger partial charge on any atom is 0.356 e. The van der Waals surface area contributed by atoms with Crippen LogP contribution >= 0.6 is 0 Å². The van der Waals surface area contributed by atoms with Crippen molar-refractivity contribution in [3.8, 4) is 17.0 Å². The van der Waals surface area contributed by atoms with Crippen LogP contribution in [-0.4, -0.2) is 35.3 Å². The minimum Gasteiger partial charge on any atom is -0.496 e. The van der Waals surface area contributed by atoms with Gasteiger partial charge in [-0.25, -0.2) is 4.79 Å². The largest absolute Gasteiger partial charge is 0.496 e. The maximum absolute atomic E-state index is 11.4. The number of ether oxygens (including phenoxy) is 2. The van der Waals surface area contributed by atoms with E-state index < -0.39 is 10.9 Å². The number of aromatic nitrogens is 2. The lowest BCUT2D eigenvalue weighted by molar-refractivity contribution is -0.384. The van der Waals surface area contributed by atoms with E-state index in [2.05, 4.69) is 14.9 Å². The molecular weight excluding hydrogens is 266 g/mol. The number of hydrogen-bond acceptors (Lipinski definition) is 6. The third kappa shape index (κ3) is 2.44. The molecule has 8 heteroatoms. The van der Waals surface area contributed by atoms with E-state index in [0.717, 1.165) is 0 Å². The van der Waals surface area contributed by atoms with E-state index in [9.17, 15) is 14.9 Å². The van der Waals surface area contributed by atoms with E-state index in [0.29, 0.717) is 17.0 Å². The summed E-state index contributed by atoms with van der Waals surface area (Å²) in [6.07, 6.45) is 0. The van der Waals surface area contributed by atoms with Gasteiger partial charge in [0.1, 0.15) is 11.4 Å². The normalized spacial score (nSPS) is 10.1. The van der Waals surface area contributed by atoms with Crippen molar-refractivity contribution >= 4 is 11.7 Å². The highest BCUT2D eigenvalue weighted by molar-refractivity contribution is 5.89. The van der Waals surface area contributed by atoms with Crippen LogP contribution in [0.15, 0.2) is 24.3 Å². The fourth-order valence-electron chi connectivity index (χ4n) is 1.68. The summed E-state index contributed by atoms with van der Waals surface area (Å²) in [5, 5.41) is 17.2. The number of nitrogens with one attached hydrogen (secondary N) is 1. The van der Waals surface area contributed by atoms with Gasteiger partial charge in [0.15, 0.2) is 0 Å². The van der Waals surface area contributed by atoms with Gasteiger partial charge in [0.25, 0.3) is 5.69 Å². The molecule has 0 aliphatic heterocycles. The number of carbonyl (C=O) groups is 1. The van der Waals surface area contributed by atoms with Gasteiger partial charge in [0, 0.05) is 12.1 Å². The molecule has 0 radical (unpaired) electrons. The molecule has 0 saturated carbocycles. The third-order valence-electron chi connectivity index (χ3n) is 2.65. The van der Waals surface area contributed by atoms with E-state index in [1.807, 2.05) is 0 Å². The van der Waals surface area contributed by atoms with Crippen LogP contribution in [0, 0.1) is 10.1 Å². The van der Waals surface area contributed by atoms with Gasteiger partial charge in [0.05, 0.1) is 30.4 Å². The zero-order valence-electron chi connectivity index (χ0n) is 10.7. The van der Waals surface area contributed by atoms with Gasteiger partial charge in [-0.05, 0) is 12.1 Å². The predicted octanol–water partition coefficient (Wildman–Crippen LogP) is 1.78. The highest BCUT2D eigenvalue weighted by Crippen LogP contribution is 2.32. The maximum atomic E-state index is 11.4. The fourth-order valence-corrected chi connectivity index (χ4v) is 1.68. The van der Waals surface area contributed by atoms with Crippen LogP contribution in [0.25, 0.3) is 11.3 Å². The summed E-state index contributed by atoms with van der Waals surface area (Å²) in [6.45, 7) is 0. The first-order valence-electron chi connectivity index (χ1n) is 5.53. The van der Waals surface area contributed by atoms with Gasteiger partial charge in [-0.1, -0.05) is 0 Å². The number of benzene rings is 1. The minimum atomic E-state index is -0.576. The van der Waals surface area contributed by atoms with Crippen molar-refractivity contribution < 1.29 is 19.2 Å². The third-order valence-corrected chi connectivity index (χ3v) is 2.65. The molecule has 0 unspecified atom stereocenters. The van der Waals surface area contributed by atoms with Crippen LogP contribution in [0.2, 0.25) is 0 Å². The van der Waals surface area contributed by atoms with E-state index in [1.54, 1.807) is 0 Å². The molecule has 1 N–H and O–H groups in total. The van der Waals surface area contributed by atoms with Crippen LogP contribution in [-0.2, 0) is 4.74 Å². The number of aromatic amines is 1. The Hall–Kier alpha value is -2.90. The van der Waals surface area contributed by atoms with Crippen molar-refractivity contribution in [3.63, 3.8) is 0 Å². The smallest absolute Gasteiger partial charge is 0.356 e. The fraction of sp³-hybridized carbons (Fsp3) is 0.167. The summed E-state index contributed by atoms with van der Waals surface area (Å²) >= 11 is 0. The lowest BCUT2D eigenvalue weighted by Gasteiger charge is -2.05. The molecule has 104 valence electrons. The first-order valence-corrected chi connectivity index (χ1v) is 5.53. The molecule has 0 aliphatic rings. The second kappa shape index (κ2) is 5.39. The second-order valence-electron chi connectivity index (χ2n) is 3.80. The minimum absolute atomic E-state index is 0.0941. The van der Waals surface area contributed by atoms with Crippen molar-refractivity contribution in [3.05, 3.63) is 40.1 Å². The molecule has 2 aromatic rings. The Kier molecular flexibility index (Phi) is 3.65. The number of nitro benzene ring substituents is 1. The van der Waals surface area contributed by atoms with Crippen LogP contribution in [0.3, 0.4) is 0 Å². The van der Waals surface area contributed by atoms with Gasteiger partial charge >= 0.3 is 5.97 Å². The molecule has 0 fully saturated rings. The zero-order chi connectivity index (χ0) is 14.7. The van der Waals surface area contributed by atoms with E-state index >= 15 is 0 Å². The molecule has 1 aromatic heterocycles. The number of nitrogens with zero attached hydrogens (tertiary/aromatic N) is 2. The van der Waals surface area contributed by atoms with Crippen molar-refractivity contribution in [1.82, 2.24) is 10.2 Å². The summed E-state index contributed by atoms with van der Waals surface area (Å²) in [5.41, 5.74) is 0.818. The van der Waals surface area contributed by atoms with Crippen LogP contribution in [0.1, 0.15) is 10.5 Å². The monoisotopic (exact) mass is 277 g/mol. The molecule has 0 atom stereocenters. The van der Waals surface area contributed by atoms with Crippen molar-refractivity contribution in [2.45, 2.75) is 0 Å². The van der Waals surface area contributed by atoms with Gasteiger partial charge in [-0.3, -0.25) is 15.2 Å². The van der Waals surface area contributed by atoms with E-state index in [1.165, 1.54) is 38.5 Å². The average molecular weight is 277 g/mol. The van der Waals surface area contributed by atoms with Crippen molar-refractivity contribution in [1.29, 1.82) is 0 Å². The van der Waals surface area contributed by atoms with Gasteiger partial charge < -0.3 is 9.47 Å². The van der Waals surface area contributed by atoms with Crippen molar-refractivity contribution in [2.75, 3.05) is 14.2 Å². The summed E-state index contributed by atoms with van der Waals surface area (Å²) in [4.78, 5) is 21.6. The number of carbonyl (C=O) groups excluding carboxylic acids is 1. The lowest BCUT2D eigenvalue weighted by Crippen LogP contribution is -2.00. The molecular formula is C12H11N3O5. The van der Waals surface area contributed by atoms with Gasteiger partial charge in [-0.15, -0.1) is 0 Å². The Morgan fingerprint density at radius 1 is 1.35 bits per heavy atom. The molecule has 0 amide bonds. The molecule has 0 spiro atoms. The summed E-state index contributed by atoms with van der Waals surface area (Å²) in [6, 6.07) is 5.57. The van der Waals surface area contributed by atoms with Crippen LogP contribution in [0.4, 0.5) is 5.69 Å². The zero-order valence-corrected chi connectivity index (χ0v) is 10.7. The highest BCUT2D eigenvalue weighted by Gasteiger charge is 2.17. The lowest BCUT2D eigenvalue weighted by atomic mass is 10.1. The molecule has 1 aromatic carbocycles. The molecule has 2 rings (SSSR count). The quantitative estimate of drug-likeness (QED) is 0.518. The first-order chi connectivity index (χ1) is 9.56. The van der Waals surface area contributed by atoms with E-state index in [-0.39, 0.29) is 11.4 Å². The Labute approximate surface area is 113 Å². The number of methoxy groups -OCH3 is 2. The summed E-state index contributed by atoms with van der Waals surface area (Å²) < 4.78 is 9.69. The summed E-state index contributed by atoms with van der Waals surface area (Å²) in [7, 11) is 2.69. The highest BCUT2D eigenvalue weighted by atomic mass is 16.6. The molecule has 20 heavy (non-hydrogen) atoms. The molecule has 0 saturated heterocycles. The Bertz CT molecular complexity index is 665. The molecule has 8 nitrogen and oxygen atoms in total. The SMILES string of the molecule is COC(=O)c1cc(-c2cc([N+](=O)[O-])ccc2OC)n[nH]1. The molecule has 0 aliphatic carbocycles. The number of esters is 1. The topological polar surface area (TPSA) is 107 Å². The standard InChI is InChI=1S/C12H11N3O5/c1-19-11-4-3-7(15(17)18)5-8(11)9-6-10(14-13-9)12(16)20-2/h3-6H,1-2H3,(H,13,14). The van der Waals surface area contributed by atoms with E-state index in [4.69, 9.17) is 4.74 Å². The number of H-pyrrole nitrogens is 1. The van der Waals surface area contributed by atoms with Crippen molar-refractivity contribution in [2.24, 2.45) is 0 Å². The van der Waals surface area contributed by atoms with Gasteiger partial charge in [-0.2, -0.15) is 5.10 Å². The van der Waals surface area contributed by atoms with Gasteiger partial charge in [0.2, 0.25) is 0 Å². The number of non-ortho nitro benzene ring substituents is 1. The van der Waals surface area contributed by atoms with Crippen LogP contribution < -0.4 is 4.74 Å². The Balaban J connectivity index is 2.50. The molecule has 1 heterocycles. The predicted molar refractivity (Wildman–Crippen MR) is 68.6 cm³/mol.